The van der Waals surface area contributed by atoms with Crippen LogP contribution in [0, 0.1) is 0 Å². The van der Waals surface area contributed by atoms with E-state index in [-0.39, 0.29) is 0 Å². The quantitative estimate of drug-likeness (QED) is 0.574. The monoisotopic (exact) mass is 347 g/mol. The molecule has 2 aromatic heterocycles. The Bertz CT molecular complexity index is 806. The van der Waals surface area contributed by atoms with Gasteiger partial charge in [-0.15, -0.1) is 0 Å². The number of fused-ring (bicyclic) bond motifs is 1. The lowest BCUT2D eigenvalue weighted by molar-refractivity contribution is 0.515. The molecule has 23 heavy (non-hydrogen) atoms. The smallest absolute Gasteiger partial charge is 0.139 e. The molecule has 0 radical (unpaired) electrons. The molecule has 5 heteroatoms. The summed E-state index contributed by atoms with van der Waals surface area (Å²) in [7, 11) is 0. The number of rotatable bonds is 5. The predicted octanol–water partition coefficient (Wildman–Crippen LogP) is 6.45. The maximum Gasteiger partial charge on any atom is 0.139 e. The van der Waals surface area contributed by atoms with Crippen molar-refractivity contribution in [1.82, 2.24) is 9.55 Å². The molecule has 0 bridgehead atoms. The molecule has 1 N–H and O–H groups in total. The molecule has 0 unspecified atom stereocenters. The van der Waals surface area contributed by atoms with E-state index in [4.69, 9.17) is 23.2 Å². The molecule has 1 aromatic carbocycles. The average Bonchev–Trinajstić information content (AvgIpc) is 2.96. The molecule has 0 amide bonds. The van der Waals surface area contributed by atoms with Gasteiger partial charge in [0.05, 0.1) is 21.2 Å². The van der Waals surface area contributed by atoms with Crippen LogP contribution < -0.4 is 5.32 Å². The number of nitrogens with one attached hydrogen (secondary N) is 1. The van der Waals surface area contributed by atoms with Crippen molar-refractivity contribution >= 4 is 45.6 Å². The van der Waals surface area contributed by atoms with Gasteiger partial charge in [0.2, 0.25) is 0 Å². The Balaban J connectivity index is 2.03. The van der Waals surface area contributed by atoms with E-state index in [1.807, 2.05) is 30.5 Å². The van der Waals surface area contributed by atoms with Gasteiger partial charge in [0, 0.05) is 23.8 Å². The standard InChI is InChI=1S/C18H19Cl2N3/c1-3-5-12(2)23-11-9-13-16(23)8-10-21-18(13)22-17-14(19)6-4-7-15(17)20/h4,6-12H,3,5H2,1-2H3,(H,21,22)/t12-/m0/s1. The highest BCUT2D eigenvalue weighted by Gasteiger charge is 2.13. The summed E-state index contributed by atoms with van der Waals surface area (Å²) in [5.41, 5.74) is 1.84. The first-order valence-corrected chi connectivity index (χ1v) is 8.54. The highest BCUT2D eigenvalue weighted by Crippen LogP contribution is 2.34. The molecule has 3 rings (SSSR count). The summed E-state index contributed by atoms with van der Waals surface area (Å²) in [5.74, 6) is 0.764. The summed E-state index contributed by atoms with van der Waals surface area (Å²) < 4.78 is 2.29. The van der Waals surface area contributed by atoms with Gasteiger partial charge in [-0.3, -0.25) is 0 Å². The minimum atomic E-state index is 0.455. The minimum Gasteiger partial charge on any atom is -0.345 e. The molecule has 0 fully saturated rings. The number of halogens is 2. The zero-order chi connectivity index (χ0) is 16.4. The molecule has 0 saturated heterocycles. The lowest BCUT2D eigenvalue weighted by Gasteiger charge is -2.15. The summed E-state index contributed by atoms with van der Waals surface area (Å²) in [6.07, 6.45) is 6.23. The van der Waals surface area contributed by atoms with Crippen LogP contribution >= 0.6 is 23.2 Å². The SMILES string of the molecule is CCC[C@H](C)n1ccc2c(Nc3c(Cl)cccc3Cl)nccc21. The third-order valence-electron chi connectivity index (χ3n) is 4.03. The zero-order valence-electron chi connectivity index (χ0n) is 13.2. The second kappa shape index (κ2) is 6.81. The summed E-state index contributed by atoms with van der Waals surface area (Å²) >= 11 is 12.5. The highest BCUT2D eigenvalue weighted by atomic mass is 35.5. The molecular weight excluding hydrogens is 329 g/mol. The van der Waals surface area contributed by atoms with Crippen molar-refractivity contribution < 1.29 is 0 Å². The van der Waals surface area contributed by atoms with E-state index < -0.39 is 0 Å². The van der Waals surface area contributed by atoms with Crippen molar-refractivity contribution in [3.05, 3.63) is 52.8 Å². The molecule has 2 heterocycles. The first-order valence-electron chi connectivity index (χ1n) is 7.78. The van der Waals surface area contributed by atoms with Gasteiger partial charge in [-0.1, -0.05) is 42.6 Å². The summed E-state index contributed by atoms with van der Waals surface area (Å²) in [6.45, 7) is 4.44. The fourth-order valence-corrected chi connectivity index (χ4v) is 3.36. The number of hydrogen-bond acceptors (Lipinski definition) is 2. The summed E-state index contributed by atoms with van der Waals surface area (Å²) in [4.78, 5) is 4.46. The maximum absolute atomic E-state index is 6.25. The van der Waals surface area contributed by atoms with Crippen LogP contribution in [0.4, 0.5) is 11.5 Å². The molecule has 0 aliphatic carbocycles. The third-order valence-corrected chi connectivity index (χ3v) is 4.66. The van der Waals surface area contributed by atoms with Crippen molar-refractivity contribution in [3.8, 4) is 0 Å². The van der Waals surface area contributed by atoms with Gasteiger partial charge in [-0.2, -0.15) is 0 Å². The zero-order valence-corrected chi connectivity index (χ0v) is 14.7. The Kier molecular flexibility index (Phi) is 4.79. The minimum absolute atomic E-state index is 0.455. The molecule has 0 aliphatic heterocycles. The van der Waals surface area contributed by atoms with Crippen LogP contribution in [0.3, 0.4) is 0 Å². The van der Waals surface area contributed by atoms with Crippen LogP contribution in [0.25, 0.3) is 10.9 Å². The van der Waals surface area contributed by atoms with Gasteiger partial charge in [-0.25, -0.2) is 4.98 Å². The predicted molar refractivity (Wildman–Crippen MR) is 99.1 cm³/mol. The highest BCUT2D eigenvalue weighted by molar-refractivity contribution is 6.39. The molecule has 0 aliphatic rings. The first kappa shape index (κ1) is 16.2. The number of aromatic nitrogens is 2. The summed E-state index contributed by atoms with van der Waals surface area (Å²) in [5, 5.41) is 5.50. The number of anilines is 2. The lowest BCUT2D eigenvalue weighted by atomic mass is 10.2. The average molecular weight is 348 g/mol. The Morgan fingerprint density at radius 3 is 2.61 bits per heavy atom. The number of benzene rings is 1. The Morgan fingerprint density at radius 2 is 1.91 bits per heavy atom. The molecular formula is C18H19Cl2N3. The van der Waals surface area contributed by atoms with Crippen molar-refractivity contribution in [3.63, 3.8) is 0 Å². The van der Waals surface area contributed by atoms with E-state index in [1.54, 1.807) is 0 Å². The number of pyridine rings is 1. The largest absolute Gasteiger partial charge is 0.345 e. The van der Waals surface area contributed by atoms with Crippen LogP contribution in [0.15, 0.2) is 42.7 Å². The van der Waals surface area contributed by atoms with Crippen LogP contribution in [0.1, 0.15) is 32.7 Å². The second-order valence-corrected chi connectivity index (χ2v) is 6.49. The van der Waals surface area contributed by atoms with Crippen LogP contribution in [0.2, 0.25) is 10.0 Å². The van der Waals surface area contributed by atoms with Crippen LogP contribution in [0.5, 0.6) is 0 Å². The number of para-hydroxylation sites is 1. The van der Waals surface area contributed by atoms with E-state index in [0.717, 1.165) is 29.6 Å². The van der Waals surface area contributed by atoms with Crippen molar-refractivity contribution in [2.45, 2.75) is 32.7 Å². The fourth-order valence-electron chi connectivity index (χ4n) is 2.86. The van der Waals surface area contributed by atoms with Crippen molar-refractivity contribution in [1.29, 1.82) is 0 Å². The normalized spacial score (nSPS) is 12.5. The van der Waals surface area contributed by atoms with Crippen LogP contribution in [-0.2, 0) is 0 Å². The van der Waals surface area contributed by atoms with E-state index in [2.05, 4.69) is 41.0 Å². The number of hydrogen-bond donors (Lipinski definition) is 1. The molecule has 120 valence electrons. The molecule has 0 spiro atoms. The lowest BCUT2D eigenvalue weighted by Crippen LogP contribution is -2.03. The Hall–Kier alpha value is -1.71. The third kappa shape index (κ3) is 3.17. The fraction of sp³-hybridized carbons (Fsp3) is 0.278. The van der Waals surface area contributed by atoms with E-state index in [1.165, 1.54) is 0 Å². The molecule has 3 aromatic rings. The van der Waals surface area contributed by atoms with E-state index in [9.17, 15) is 0 Å². The van der Waals surface area contributed by atoms with Gasteiger partial charge >= 0.3 is 0 Å². The number of nitrogens with zero attached hydrogens (tertiary/aromatic N) is 2. The molecule has 0 saturated carbocycles. The maximum atomic E-state index is 6.25. The first-order chi connectivity index (χ1) is 11.1. The van der Waals surface area contributed by atoms with E-state index in [0.29, 0.717) is 21.8 Å². The van der Waals surface area contributed by atoms with Gasteiger partial charge in [0.15, 0.2) is 0 Å². The van der Waals surface area contributed by atoms with Gasteiger partial charge in [0.25, 0.3) is 0 Å². The second-order valence-electron chi connectivity index (χ2n) is 5.67. The summed E-state index contributed by atoms with van der Waals surface area (Å²) in [6, 6.07) is 10.0. The molecule has 1 atom stereocenters. The van der Waals surface area contributed by atoms with Gasteiger partial charge < -0.3 is 9.88 Å². The van der Waals surface area contributed by atoms with Gasteiger partial charge in [0.1, 0.15) is 5.82 Å². The van der Waals surface area contributed by atoms with Crippen molar-refractivity contribution in [2.75, 3.05) is 5.32 Å². The topological polar surface area (TPSA) is 29.9 Å². The van der Waals surface area contributed by atoms with E-state index >= 15 is 0 Å². The van der Waals surface area contributed by atoms with Gasteiger partial charge in [-0.05, 0) is 37.6 Å². The Labute approximate surface area is 146 Å². The Morgan fingerprint density at radius 1 is 1.17 bits per heavy atom. The van der Waals surface area contributed by atoms with Crippen LogP contribution in [-0.4, -0.2) is 9.55 Å². The molecule has 3 nitrogen and oxygen atoms in total. The van der Waals surface area contributed by atoms with Crippen molar-refractivity contribution in [2.24, 2.45) is 0 Å².